The summed E-state index contributed by atoms with van der Waals surface area (Å²) >= 11 is 7.22. The number of anilines is 1. The van der Waals surface area contributed by atoms with Gasteiger partial charge in [0.1, 0.15) is 0 Å². The molecule has 0 aromatic carbocycles. The number of alkyl halides is 1. The zero-order valence-corrected chi connectivity index (χ0v) is 10.1. The van der Waals surface area contributed by atoms with E-state index in [1.807, 2.05) is 0 Å². The fourth-order valence-electron chi connectivity index (χ4n) is 1.84. The number of thiophene rings is 1. The summed E-state index contributed by atoms with van der Waals surface area (Å²) in [4.78, 5) is 12.8. The van der Waals surface area contributed by atoms with Crippen LogP contribution in [0.4, 0.5) is 5.00 Å². The van der Waals surface area contributed by atoms with Crippen molar-refractivity contribution in [3.63, 3.8) is 0 Å². The van der Waals surface area contributed by atoms with E-state index in [2.05, 4.69) is 11.4 Å². The maximum Gasteiger partial charge on any atom is 0.226 e. The molecule has 2 nitrogen and oxygen atoms in total. The van der Waals surface area contributed by atoms with E-state index in [-0.39, 0.29) is 5.91 Å². The smallest absolute Gasteiger partial charge is 0.226 e. The second kappa shape index (κ2) is 4.99. The Kier molecular flexibility index (Phi) is 3.65. The summed E-state index contributed by atoms with van der Waals surface area (Å²) in [6, 6.07) is 2.12. The number of hydrogen-bond acceptors (Lipinski definition) is 2. The van der Waals surface area contributed by atoms with Crippen LogP contribution in [-0.2, 0) is 17.6 Å². The summed E-state index contributed by atoms with van der Waals surface area (Å²) in [5.74, 6) is 0.403. The van der Waals surface area contributed by atoms with Crippen molar-refractivity contribution in [1.29, 1.82) is 0 Å². The van der Waals surface area contributed by atoms with Crippen molar-refractivity contribution in [1.82, 2.24) is 0 Å². The Hall–Kier alpha value is -0.540. The van der Waals surface area contributed by atoms with Crippen LogP contribution in [0, 0.1) is 0 Å². The lowest BCUT2D eigenvalue weighted by Crippen LogP contribution is -2.10. The lowest BCUT2D eigenvalue weighted by molar-refractivity contribution is -0.115. The number of rotatable bonds is 3. The minimum atomic E-state index is 0.0172. The number of nitrogens with one attached hydrogen (secondary N) is 1. The highest BCUT2D eigenvalue weighted by molar-refractivity contribution is 7.16. The number of carbonyl (C=O) groups excluding carboxylic acids is 1. The number of halogens is 1. The van der Waals surface area contributed by atoms with Crippen LogP contribution in [0.5, 0.6) is 0 Å². The molecule has 1 aliphatic carbocycles. The maximum absolute atomic E-state index is 11.3. The van der Waals surface area contributed by atoms with Gasteiger partial charge in [-0.05, 0) is 37.3 Å². The first kappa shape index (κ1) is 11.0. The van der Waals surface area contributed by atoms with E-state index in [9.17, 15) is 4.79 Å². The van der Waals surface area contributed by atoms with Gasteiger partial charge in [-0.1, -0.05) is 0 Å². The molecule has 0 spiro atoms. The molecule has 0 fully saturated rings. The van der Waals surface area contributed by atoms with Crippen LogP contribution in [-0.4, -0.2) is 11.8 Å². The zero-order chi connectivity index (χ0) is 10.7. The Morgan fingerprint density at radius 2 is 2.27 bits per heavy atom. The molecule has 82 valence electrons. The van der Waals surface area contributed by atoms with Gasteiger partial charge in [-0.2, -0.15) is 0 Å². The lowest BCUT2D eigenvalue weighted by Gasteiger charge is -2.08. The third-order valence-electron chi connectivity index (χ3n) is 2.58. The number of amides is 1. The van der Waals surface area contributed by atoms with E-state index >= 15 is 0 Å². The summed E-state index contributed by atoms with van der Waals surface area (Å²) in [5.41, 5.74) is 1.42. The number of fused-ring (bicyclic) bond motifs is 1. The first-order chi connectivity index (χ1) is 7.29. The second-order valence-electron chi connectivity index (χ2n) is 3.75. The Morgan fingerprint density at radius 3 is 3.00 bits per heavy atom. The summed E-state index contributed by atoms with van der Waals surface area (Å²) in [6.07, 6.45) is 5.29. The standard InChI is InChI=1S/C11H14ClNOS/c12-6-5-10(14)13-11-7-8-3-1-2-4-9(8)15-11/h7H,1-6H2,(H,13,14). The first-order valence-corrected chi connectivity index (χ1v) is 6.62. The van der Waals surface area contributed by atoms with E-state index in [0.29, 0.717) is 12.3 Å². The van der Waals surface area contributed by atoms with Crippen LogP contribution >= 0.6 is 22.9 Å². The van der Waals surface area contributed by atoms with Crippen molar-refractivity contribution >= 4 is 33.8 Å². The summed E-state index contributed by atoms with van der Waals surface area (Å²) in [7, 11) is 0. The third kappa shape index (κ3) is 2.73. The van der Waals surface area contributed by atoms with Crippen LogP contribution in [0.1, 0.15) is 29.7 Å². The molecule has 1 aromatic heterocycles. The van der Waals surface area contributed by atoms with E-state index < -0.39 is 0 Å². The molecule has 0 aliphatic heterocycles. The molecule has 0 saturated carbocycles. The highest BCUT2D eigenvalue weighted by Crippen LogP contribution is 2.32. The average Bonchev–Trinajstić information content (AvgIpc) is 2.59. The van der Waals surface area contributed by atoms with Gasteiger partial charge in [0, 0.05) is 17.2 Å². The van der Waals surface area contributed by atoms with Crippen molar-refractivity contribution in [2.75, 3.05) is 11.2 Å². The van der Waals surface area contributed by atoms with Crippen molar-refractivity contribution in [3.8, 4) is 0 Å². The van der Waals surface area contributed by atoms with Gasteiger partial charge in [0.05, 0.1) is 5.00 Å². The van der Waals surface area contributed by atoms with Crippen LogP contribution in [0.15, 0.2) is 6.07 Å². The third-order valence-corrected chi connectivity index (χ3v) is 3.92. The molecule has 1 aromatic rings. The monoisotopic (exact) mass is 243 g/mol. The Labute approximate surface area is 98.6 Å². The van der Waals surface area contributed by atoms with E-state index in [1.165, 1.54) is 29.7 Å². The van der Waals surface area contributed by atoms with E-state index in [0.717, 1.165) is 11.4 Å². The first-order valence-electron chi connectivity index (χ1n) is 5.27. The van der Waals surface area contributed by atoms with Crippen molar-refractivity contribution in [2.24, 2.45) is 0 Å². The molecule has 0 radical (unpaired) electrons. The van der Waals surface area contributed by atoms with Crippen LogP contribution in [0.25, 0.3) is 0 Å². The van der Waals surface area contributed by atoms with Gasteiger partial charge in [0.2, 0.25) is 5.91 Å². The quantitative estimate of drug-likeness (QED) is 0.812. The normalized spacial score (nSPS) is 14.7. The maximum atomic E-state index is 11.3. The summed E-state index contributed by atoms with van der Waals surface area (Å²) < 4.78 is 0. The Morgan fingerprint density at radius 1 is 1.47 bits per heavy atom. The Bertz CT molecular complexity index is 338. The minimum absolute atomic E-state index is 0.0172. The molecule has 15 heavy (non-hydrogen) atoms. The van der Waals surface area contributed by atoms with Gasteiger partial charge in [-0.25, -0.2) is 0 Å². The molecule has 1 amide bonds. The predicted molar refractivity (Wildman–Crippen MR) is 64.9 cm³/mol. The van der Waals surface area contributed by atoms with Gasteiger partial charge >= 0.3 is 0 Å². The average molecular weight is 244 g/mol. The molecule has 0 saturated heterocycles. The predicted octanol–water partition coefficient (Wildman–Crippen LogP) is 3.19. The van der Waals surface area contributed by atoms with Gasteiger partial charge in [0.25, 0.3) is 0 Å². The largest absolute Gasteiger partial charge is 0.318 e. The molecule has 1 N–H and O–H groups in total. The van der Waals surface area contributed by atoms with Crippen molar-refractivity contribution in [3.05, 3.63) is 16.5 Å². The molecular weight excluding hydrogens is 230 g/mol. The molecule has 4 heteroatoms. The SMILES string of the molecule is O=C(CCCl)Nc1cc2c(s1)CCCC2. The summed E-state index contributed by atoms with van der Waals surface area (Å²) in [6.45, 7) is 0. The number of hydrogen-bond donors (Lipinski definition) is 1. The van der Waals surface area contributed by atoms with Crippen molar-refractivity contribution in [2.45, 2.75) is 32.1 Å². The molecule has 0 atom stereocenters. The summed E-state index contributed by atoms with van der Waals surface area (Å²) in [5, 5.41) is 3.88. The fraction of sp³-hybridized carbons (Fsp3) is 0.545. The van der Waals surface area contributed by atoms with Gasteiger partial charge in [0.15, 0.2) is 0 Å². The minimum Gasteiger partial charge on any atom is -0.318 e. The molecule has 0 unspecified atom stereocenters. The van der Waals surface area contributed by atoms with E-state index in [4.69, 9.17) is 11.6 Å². The molecule has 1 heterocycles. The fourth-order valence-corrected chi connectivity index (χ4v) is 3.18. The zero-order valence-electron chi connectivity index (χ0n) is 8.51. The lowest BCUT2D eigenvalue weighted by atomic mass is 10.00. The highest BCUT2D eigenvalue weighted by Gasteiger charge is 2.14. The van der Waals surface area contributed by atoms with E-state index in [1.54, 1.807) is 11.3 Å². The number of carbonyl (C=O) groups is 1. The van der Waals surface area contributed by atoms with Gasteiger partial charge in [-0.3, -0.25) is 4.79 Å². The molecule has 2 rings (SSSR count). The van der Waals surface area contributed by atoms with Gasteiger partial charge < -0.3 is 5.32 Å². The Balaban J connectivity index is 2.03. The van der Waals surface area contributed by atoms with Crippen molar-refractivity contribution < 1.29 is 4.79 Å². The molecule has 1 aliphatic rings. The second-order valence-corrected chi connectivity index (χ2v) is 5.27. The van der Waals surface area contributed by atoms with Crippen LogP contribution in [0.3, 0.4) is 0 Å². The van der Waals surface area contributed by atoms with Crippen LogP contribution in [0.2, 0.25) is 0 Å². The highest BCUT2D eigenvalue weighted by atomic mass is 35.5. The topological polar surface area (TPSA) is 29.1 Å². The molecule has 0 bridgehead atoms. The van der Waals surface area contributed by atoms with Crippen LogP contribution < -0.4 is 5.32 Å². The molecular formula is C11H14ClNOS. The van der Waals surface area contributed by atoms with Gasteiger partial charge in [-0.15, -0.1) is 22.9 Å². The number of aryl methyl sites for hydroxylation is 2.